The Bertz CT molecular complexity index is 1230. The summed E-state index contributed by atoms with van der Waals surface area (Å²) in [5.74, 6) is -0.306. The number of carbonyl (C=O) groups is 2. The zero-order valence-electron chi connectivity index (χ0n) is 16.5. The number of nitrogens with zero attached hydrogens (tertiary/aromatic N) is 3. The maximum Gasteiger partial charge on any atom is 0.407 e. The molecular formula is C22H19FN4O4. The van der Waals surface area contributed by atoms with Crippen LogP contribution in [-0.2, 0) is 6.42 Å². The Labute approximate surface area is 176 Å². The number of aromatic amines is 1. The zero-order chi connectivity index (χ0) is 21.5. The van der Waals surface area contributed by atoms with E-state index in [1.54, 1.807) is 12.3 Å². The summed E-state index contributed by atoms with van der Waals surface area (Å²) in [7, 11) is 0. The van der Waals surface area contributed by atoms with Crippen molar-refractivity contribution < 1.29 is 23.8 Å². The fourth-order valence-corrected chi connectivity index (χ4v) is 4.20. The number of ketones is 1. The van der Waals surface area contributed by atoms with Gasteiger partial charge in [0, 0.05) is 36.3 Å². The first-order valence-corrected chi connectivity index (χ1v) is 10.0. The second-order valence-corrected chi connectivity index (χ2v) is 7.77. The standard InChI is InChI=1S/C22H19FN4O4/c23-16-4-3-14-19(28)18(11-17-13-2-1-7-24-21(13)26-25-17)31-20(14)15(16)10-12-5-8-27(9-6-12)22(29)30/h1-4,7,11-12H,5-6,8-10H2,(H,29,30)(H,24,25,26). The molecular weight excluding hydrogens is 403 g/mol. The van der Waals surface area contributed by atoms with Crippen molar-refractivity contribution in [3.63, 3.8) is 0 Å². The van der Waals surface area contributed by atoms with Gasteiger partial charge < -0.3 is 14.7 Å². The van der Waals surface area contributed by atoms with Crippen LogP contribution in [0.15, 0.2) is 36.2 Å². The Morgan fingerprint density at radius 3 is 2.90 bits per heavy atom. The second kappa shape index (κ2) is 7.50. The van der Waals surface area contributed by atoms with Crippen LogP contribution in [0.5, 0.6) is 5.75 Å². The van der Waals surface area contributed by atoms with Crippen LogP contribution >= 0.6 is 0 Å². The Hall–Kier alpha value is -3.75. The average molecular weight is 422 g/mol. The summed E-state index contributed by atoms with van der Waals surface area (Å²) < 4.78 is 20.6. The third-order valence-electron chi connectivity index (χ3n) is 5.90. The number of nitrogens with one attached hydrogen (secondary N) is 1. The van der Waals surface area contributed by atoms with E-state index in [1.165, 1.54) is 23.1 Å². The SMILES string of the molecule is O=C1C(=Cc2n[nH]c3ncccc23)Oc2c1ccc(F)c2CC1CCN(C(=O)O)CC1. The first kappa shape index (κ1) is 19.2. The van der Waals surface area contributed by atoms with Gasteiger partial charge in [-0.1, -0.05) is 0 Å². The van der Waals surface area contributed by atoms with E-state index in [0.29, 0.717) is 54.8 Å². The molecule has 1 aromatic carbocycles. The van der Waals surface area contributed by atoms with Gasteiger partial charge in [0.25, 0.3) is 0 Å². The maximum atomic E-state index is 14.7. The Morgan fingerprint density at radius 2 is 2.13 bits per heavy atom. The predicted octanol–water partition coefficient (Wildman–Crippen LogP) is 3.65. The normalized spacial score (nSPS) is 17.9. The summed E-state index contributed by atoms with van der Waals surface area (Å²) in [6, 6.07) is 6.33. The third-order valence-corrected chi connectivity index (χ3v) is 5.90. The van der Waals surface area contributed by atoms with E-state index >= 15 is 0 Å². The van der Waals surface area contributed by atoms with Gasteiger partial charge in [0.1, 0.15) is 11.6 Å². The molecule has 3 aromatic rings. The van der Waals surface area contributed by atoms with Gasteiger partial charge in [0.05, 0.1) is 11.3 Å². The molecule has 0 saturated carbocycles. The summed E-state index contributed by atoms with van der Waals surface area (Å²) in [6.07, 6.45) is 3.90. The van der Waals surface area contributed by atoms with Gasteiger partial charge in [0.2, 0.25) is 5.78 Å². The lowest BCUT2D eigenvalue weighted by Crippen LogP contribution is -2.37. The molecule has 2 N–H and O–H groups in total. The minimum atomic E-state index is -0.935. The molecule has 2 aliphatic heterocycles. The van der Waals surface area contributed by atoms with Crippen molar-refractivity contribution in [1.82, 2.24) is 20.1 Å². The van der Waals surface area contributed by atoms with Crippen LogP contribution in [0.1, 0.15) is 34.5 Å². The van der Waals surface area contributed by atoms with E-state index in [1.807, 2.05) is 6.07 Å². The van der Waals surface area contributed by atoms with E-state index in [4.69, 9.17) is 9.84 Å². The van der Waals surface area contributed by atoms with Crippen molar-refractivity contribution in [2.75, 3.05) is 13.1 Å². The van der Waals surface area contributed by atoms with Crippen molar-refractivity contribution in [3.8, 4) is 5.75 Å². The molecule has 0 bridgehead atoms. The van der Waals surface area contributed by atoms with Crippen LogP contribution in [0.4, 0.5) is 9.18 Å². The highest BCUT2D eigenvalue weighted by atomic mass is 19.1. The van der Waals surface area contributed by atoms with Gasteiger partial charge in [-0.3, -0.25) is 9.89 Å². The number of H-pyrrole nitrogens is 1. The number of ether oxygens (including phenoxy) is 1. The molecule has 0 atom stereocenters. The number of likely N-dealkylation sites (tertiary alicyclic amines) is 1. The summed E-state index contributed by atoms with van der Waals surface area (Å²) in [5.41, 5.74) is 1.79. The predicted molar refractivity (Wildman–Crippen MR) is 109 cm³/mol. The summed E-state index contributed by atoms with van der Waals surface area (Å²) in [4.78, 5) is 29.5. The minimum absolute atomic E-state index is 0.0831. The number of piperidine rings is 1. The summed E-state index contributed by atoms with van der Waals surface area (Å²) >= 11 is 0. The number of hydrogen-bond acceptors (Lipinski definition) is 5. The number of fused-ring (bicyclic) bond motifs is 2. The van der Waals surface area contributed by atoms with Gasteiger partial charge in [-0.2, -0.15) is 5.10 Å². The number of benzene rings is 1. The average Bonchev–Trinajstić information content (AvgIpc) is 3.32. The number of Topliss-reactive ketones (excluding diaryl/α,β-unsaturated/α-hetero) is 1. The van der Waals surface area contributed by atoms with Crippen molar-refractivity contribution >= 4 is 29.0 Å². The molecule has 2 aliphatic rings. The molecule has 0 radical (unpaired) electrons. The zero-order valence-corrected chi connectivity index (χ0v) is 16.5. The Kier molecular flexibility index (Phi) is 4.65. The molecule has 4 heterocycles. The van der Waals surface area contributed by atoms with Crippen LogP contribution < -0.4 is 4.74 Å². The number of carbonyl (C=O) groups excluding carboxylic acids is 1. The first-order valence-electron chi connectivity index (χ1n) is 10.0. The number of carboxylic acid groups (broad SMARTS) is 1. The van der Waals surface area contributed by atoms with Crippen LogP contribution in [0, 0.1) is 11.7 Å². The quantitative estimate of drug-likeness (QED) is 0.624. The van der Waals surface area contributed by atoms with Gasteiger partial charge in [-0.15, -0.1) is 0 Å². The maximum absolute atomic E-state index is 14.7. The minimum Gasteiger partial charge on any atom is -0.465 e. The van der Waals surface area contributed by atoms with E-state index in [2.05, 4.69) is 15.2 Å². The fraction of sp³-hybridized carbons (Fsp3) is 0.273. The van der Waals surface area contributed by atoms with Crippen molar-refractivity contribution in [3.05, 3.63) is 58.9 Å². The Morgan fingerprint density at radius 1 is 1.32 bits per heavy atom. The molecule has 1 amide bonds. The second-order valence-electron chi connectivity index (χ2n) is 7.77. The molecule has 8 nitrogen and oxygen atoms in total. The molecule has 1 fully saturated rings. The third kappa shape index (κ3) is 3.41. The molecule has 0 aliphatic carbocycles. The van der Waals surface area contributed by atoms with Crippen molar-refractivity contribution in [1.29, 1.82) is 0 Å². The number of allylic oxidation sites excluding steroid dienone is 1. The first-order chi connectivity index (χ1) is 15.0. The highest BCUT2D eigenvalue weighted by Crippen LogP contribution is 2.39. The molecule has 9 heteroatoms. The van der Waals surface area contributed by atoms with Crippen LogP contribution in [0.25, 0.3) is 17.1 Å². The molecule has 0 unspecified atom stereocenters. The highest BCUT2D eigenvalue weighted by molar-refractivity contribution is 6.15. The van der Waals surface area contributed by atoms with Crippen LogP contribution in [0.2, 0.25) is 0 Å². The molecule has 158 valence electrons. The number of rotatable bonds is 3. The van der Waals surface area contributed by atoms with Gasteiger partial charge >= 0.3 is 6.09 Å². The van der Waals surface area contributed by atoms with Gasteiger partial charge in [-0.05, 0) is 49.4 Å². The van der Waals surface area contributed by atoms with E-state index in [9.17, 15) is 14.0 Å². The lowest BCUT2D eigenvalue weighted by molar-refractivity contribution is 0.101. The lowest BCUT2D eigenvalue weighted by Gasteiger charge is -2.30. The van der Waals surface area contributed by atoms with Crippen molar-refractivity contribution in [2.45, 2.75) is 19.3 Å². The monoisotopic (exact) mass is 422 g/mol. The topological polar surface area (TPSA) is 108 Å². The largest absolute Gasteiger partial charge is 0.465 e. The van der Waals surface area contributed by atoms with E-state index in [0.717, 1.165) is 5.39 Å². The summed E-state index contributed by atoms with van der Waals surface area (Å²) in [6.45, 7) is 0.837. The molecule has 31 heavy (non-hydrogen) atoms. The molecule has 2 aromatic heterocycles. The smallest absolute Gasteiger partial charge is 0.407 e. The van der Waals surface area contributed by atoms with Crippen LogP contribution in [0.3, 0.4) is 0 Å². The fourth-order valence-electron chi connectivity index (χ4n) is 4.20. The van der Waals surface area contributed by atoms with Gasteiger partial charge in [-0.25, -0.2) is 14.2 Å². The highest BCUT2D eigenvalue weighted by Gasteiger charge is 2.33. The van der Waals surface area contributed by atoms with Gasteiger partial charge in [0.15, 0.2) is 11.4 Å². The number of pyridine rings is 1. The molecule has 1 saturated heterocycles. The van der Waals surface area contributed by atoms with Crippen molar-refractivity contribution in [2.24, 2.45) is 5.92 Å². The van der Waals surface area contributed by atoms with E-state index < -0.39 is 11.9 Å². The number of halogens is 1. The number of amides is 1. The molecule has 0 spiro atoms. The summed E-state index contributed by atoms with van der Waals surface area (Å²) in [5, 5.41) is 16.8. The van der Waals surface area contributed by atoms with Crippen LogP contribution in [-0.4, -0.2) is 50.2 Å². The van der Waals surface area contributed by atoms with E-state index in [-0.39, 0.29) is 23.2 Å². The lowest BCUT2D eigenvalue weighted by atomic mass is 9.89. The number of hydrogen-bond donors (Lipinski definition) is 2. The Balaban J connectivity index is 1.42. The number of aromatic nitrogens is 3. The molecule has 5 rings (SSSR count).